The SMILES string of the molecule is c1ccc(Oc2ccc(CCC3CO3)cc2)cc1. The van der Waals surface area contributed by atoms with Gasteiger partial charge in [-0.1, -0.05) is 30.3 Å². The predicted molar refractivity (Wildman–Crippen MR) is 71.0 cm³/mol. The van der Waals surface area contributed by atoms with Gasteiger partial charge in [0, 0.05) is 0 Å². The number of para-hydroxylation sites is 1. The first-order chi connectivity index (χ1) is 8.90. The summed E-state index contributed by atoms with van der Waals surface area (Å²) < 4.78 is 11.0. The molecule has 2 nitrogen and oxygen atoms in total. The molecule has 0 aliphatic carbocycles. The first kappa shape index (κ1) is 11.3. The van der Waals surface area contributed by atoms with Gasteiger partial charge in [-0.2, -0.15) is 0 Å². The summed E-state index contributed by atoms with van der Waals surface area (Å²) in [5.41, 5.74) is 1.34. The highest BCUT2D eigenvalue weighted by atomic mass is 16.6. The van der Waals surface area contributed by atoms with Crippen LogP contribution in [-0.2, 0) is 11.2 Å². The maximum atomic E-state index is 5.75. The van der Waals surface area contributed by atoms with Crippen LogP contribution < -0.4 is 4.74 Å². The quantitative estimate of drug-likeness (QED) is 0.741. The van der Waals surface area contributed by atoms with Gasteiger partial charge in [0.1, 0.15) is 11.5 Å². The van der Waals surface area contributed by atoms with Gasteiger partial charge in [0.25, 0.3) is 0 Å². The molecule has 1 unspecified atom stereocenters. The summed E-state index contributed by atoms with van der Waals surface area (Å²) in [7, 11) is 0. The van der Waals surface area contributed by atoms with Crippen molar-refractivity contribution in [2.75, 3.05) is 6.61 Å². The Kier molecular flexibility index (Phi) is 3.29. The smallest absolute Gasteiger partial charge is 0.127 e. The number of epoxide rings is 1. The molecule has 3 rings (SSSR count). The van der Waals surface area contributed by atoms with Gasteiger partial charge < -0.3 is 9.47 Å². The lowest BCUT2D eigenvalue weighted by molar-refractivity contribution is 0.397. The van der Waals surface area contributed by atoms with Crippen LogP contribution in [0.2, 0.25) is 0 Å². The molecule has 92 valence electrons. The van der Waals surface area contributed by atoms with Crippen molar-refractivity contribution in [1.29, 1.82) is 0 Å². The topological polar surface area (TPSA) is 21.8 Å². The zero-order chi connectivity index (χ0) is 12.2. The lowest BCUT2D eigenvalue weighted by Gasteiger charge is -2.06. The lowest BCUT2D eigenvalue weighted by Crippen LogP contribution is -1.91. The highest BCUT2D eigenvalue weighted by molar-refractivity contribution is 5.33. The standard InChI is InChI=1S/C16H16O2/c1-2-4-14(5-3-1)18-15-9-6-13(7-10-15)8-11-16-12-17-16/h1-7,9-10,16H,8,11-12H2. The van der Waals surface area contributed by atoms with Gasteiger partial charge in [-0.05, 0) is 42.7 Å². The Balaban J connectivity index is 1.59. The molecule has 0 saturated carbocycles. The highest BCUT2D eigenvalue weighted by Crippen LogP contribution is 2.22. The van der Waals surface area contributed by atoms with Gasteiger partial charge in [-0.25, -0.2) is 0 Å². The molecule has 1 heterocycles. The molecule has 1 aliphatic heterocycles. The van der Waals surface area contributed by atoms with Crippen LogP contribution in [0.3, 0.4) is 0 Å². The third kappa shape index (κ3) is 3.11. The number of ether oxygens (including phenoxy) is 2. The molecule has 18 heavy (non-hydrogen) atoms. The van der Waals surface area contributed by atoms with Gasteiger partial charge >= 0.3 is 0 Å². The summed E-state index contributed by atoms with van der Waals surface area (Å²) in [5, 5.41) is 0. The average molecular weight is 240 g/mol. The molecule has 2 aromatic rings. The number of hydrogen-bond donors (Lipinski definition) is 0. The second kappa shape index (κ2) is 5.23. The van der Waals surface area contributed by atoms with E-state index in [-0.39, 0.29) is 0 Å². The zero-order valence-corrected chi connectivity index (χ0v) is 10.2. The van der Waals surface area contributed by atoms with Crippen LogP contribution in [-0.4, -0.2) is 12.7 Å². The second-order valence-electron chi connectivity index (χ2n) is 4.55. The molecule has 1 aliphatic rings. The lowest BCUT2D eigenvalue weighted by atomic mass is 10.1. The Morgan fingerprint density at radius 3 is 2.28 bits per heavy atom. The largest absolute Gasteiger partial charge is 0.457 e. The van der Waals surface area contributed by atoms with Gasteiger partial charge in [0.15, 0.2) is 0 Å². The van der Waals surface area contributed by atoms with Crippen LogP contribution in [0, 0.1) is 0 Å². The fourth-order valence-electron chi connectivity index (χ4n) is 1.91. The van der Waals surface area contributed by atoms with Gasteiger partial charge in [-0.15, -0.1) is 0 Å². The van der Waals surface area contributed by atoms with Crippen LogP contribution in [0.5, 0.6) is 11.5 Å². The van der Waals surface area contributed by atoms with E-state index in [1.807, 2.05) is 42.5 Å². The Hall–Kier alpha value is -1.80. The van der Waals surface area contributed by atoms with E-state index in [1.54, 1.807) is 0 Å². The third-order valence-corrected chi connectivity index (χ3v) is 3.06. The van der Waals surface area contributed by atoms with E-state index in [0.717, 1.165) is 30.9 Å². The van der Waals surface area contributed by atoms with E-state index in [9.17, 15) is 0 Å². The Bertz CT molecular complexity index is 486. The van der Waals surface area contributed by atoms with E-state index in [1.165, 1.54) is 5.56 Å². The van der Waals surface area contributed by atoms with Gasteiger partial charge in [-0.3, -0.25) is 0 Å². The molecular formula is C16H16O2. The van der Waals surface area contributed by atoms with E-state index >= 15 is 0 Å². The van der Waals surface area contributed by atoms with Crippen LogP contribution in [0.1, 0.15) is 12.0 Å². The van der Waals surface area contributed by atoms with Gasteiger partial charge in [0.05, 0.1) is 12.7 Å². The van der Waals surface area contributed by atoms with Crippen molar-refractivity contribution >= 4 is 0 Å². The number of rotatable bonds is 5. The van der Waals surface area contributed by atoms with Crippen molar-refractivity contribution in [3.63, 3.8) is 0 Å². The summed E-state index contributed by atoms with van der Waals surface area (Å²) in [6.45, 7) is 0.940. The second-order valence-corrected chi connectivity index (χ2v) is 4.55. The molecule has 2 aromatic carbocycles. The normalized spacial score (nSPS) is 17.4. The molecule has 0 radical (unpaired) electrons. The van der Waals surface area contributed by atoms with Crippen molar-refractivity contribution in [3.05, 3.63) is 60.2 Å². The van der Waals surface area contributed by atoms with Gasteiger partial charge in [0.2, 0.25) is 0 Å². The van der Waals surface area contributed by atoms with Crippen molar-refractivity contribution in [2.45, 2.75) is 18.9 Å². The maximum absolute atomic E-state index is 5.75. The first-order valence-electron chi connectivity index (χ1n) is 6.33. The Labute approximate surface area is 107 Å². The molecule has 0 amide bonds. The first-order valence-corrected chi connectivity index (χ1v) is 6.33. The Morgan fingerprint density at radius 1 is 0.944 bits per heavy atom. The Morgan fingerprint density at radius 2 is 1.61 bits per heavy atom. The van der Waals surface area contributed by atoms with E-state index in [0.29, 0.717) is 6.10 Å². The van der Waals surface area contributed by atoms with Crippen LogP contribution >= 0.6 is 0 Å². The summed E-state index contributed by atoms with van der Waals surface area (Å²) in [4.78, 5) is 0. The number of aryl methyl sites for hydroxylation is 1. The summed E-state index contributed by atoms with van der Waals surface area (Å²) >= 11 is 0. The number of benzene rings is 2. The minimum Gasteiger partial charge on any atom is -0.457 e. The molecule has 0 spiro atoms. The summed E-state index contributed by atoms with van der Waals surface area (Å²) in [6.07, 6.45) is 2.71. The van der Waals surface area contributed by atoms with Crippen molar-refractivity contribution < 1.29 is 9.47 Å². The van der Waals surface area contributed by atoms with Crippen molar-refractivity contribution in [1.82, 2.24) is 0 Å². The van der Waals surface area contributed by atoms with E-state index in [2.05, 4.69) is 12.1 Å². The van der Waals surface area contributed by atoms with E-state index in [4.69, 9.17) is 9.47 Å². The zero-order valence-electron chi connectivity index (χ0n) is 10.2. The minimum atomic E-state index is 0.505. The van der Waals surface area contributed by atoms with Crippen LogP contribution in [0.15, 0.2) is 54.6 Å². The summed E-state index contributed by atoms with van der Waals surface area (Å²) in [6, 6.07) is 18.1. The van der Waals surface area contributed by atoms with E-state index < -0.39 is 0 Å². The molecule has 1 fully saturated rings. The molecule has 1 atom stereocenters. The molecule has 2 heteroatoms. The highest BCUT2D eigenvalue weighted by Gasteiger charge is 2.21. The van der Waals surface area contributed by atoms with Crippen molar-refractivity contribution in [3.8, 4) is 11.5 Å². The third-order valence-electron chi connectivity index (χ3n) is 3.06. The molecule has 0 aromatic heterocycles. The number of hydrogen-bond acceptors (Lipinski definition) is 2. The fourth-order valence-corrected chi connectivity index (χ4v) is 1.91. The van der Waals surface area contributed by atoms with Crippen molar-refractivity contribution in [2.24, 2.45) is 0 Å². The molecule has 0 bridgehead atoms. The monoisotopic (exact) mass is 240 g/mol. The predicted octanol–water partition coefficient (Wildman–Crippen LogP) is 3.81. The van der Waals surface area contributed by atoms with Crippen LogP contribution in [0.4, 0.5) is 0 Å². The fraction of sp³-hybridized carbons (Fsp3) is 0.250. The molecule has 1 saturated heterocycles. The van der Waals surface area contributed by atoms with Crippen LogP contribution in [0.25, 0.3) is 0 Å². The molecular weight excluding hydrogens is 224 g/mol. The average Bonchev–Trinajstić information content (AvgIpc) is 3.23. The summed E-state index contributed by atoms with van der Waals surface area (Å²) in [5.74, 6) is 1.75. The molecule has 0 N–H and O–H groups in total. The maximum Gasteiger partial charge on any atom is 0.127 e. The minimum absolute atomic E-state index is 0.505.